The number of halogens is 1. The van der Waals surface area contributed by atoms with Crippen LogP contribution in [0.3, 0.4) is 0 Å². The molecule has 0 bridgehead atoms. The van der Waals surface area contributed by atoms with Crippen LogP contribution in [0.4, 0.5) is 27.5 Å². The van der Waals surface area contributed by atoms with E-state index in [1.807, 2.05) is 48.5 Å². The summed E-state index contributed by atoms with van der Waals surface area (Å²) in [5, 5.41) is 24.2. The Labute approximate surface area is 232 Å². The van der Waals surface area contributed by atoms with Gasteiger partial charge in [0.15, 0.2) is 11.6 Å². The molecule has 0 radical (unpaired) electrons. The Kier molecular flexibility index (Phi) is 9.17. The molecule has 5 rings (SSSR count). The average Bonchev–Trinajstić information content (AvgIpc) is 2.98. The summed E-state index contributed by atoms with van der Waals surface area (Å²) in [4.78, 5) is 14.8. The van der Waals surface area contributed by atoms with Crippen molar-refractivity contribution in [2.75, 3.05) is 50.0 Å². The van der Waals surface area contributed by atoms with Gasteiger partial charge < -0.3 is 20.5 Å². The topological polar surface area (TPSA) is 120 Å². The molecule has 1 saturated heterocycles. The van der Waals surface area contributed by atoms with E-state index in [1.54, 1.807) is 18.3 Å². The summed E-state index contributed by atoms with van der Waals surface area (Å²) < 4.78 is 19.5. The zero-order valence-electron chi connectivity index (χ0n) is 22.0. The number of aromatic nitrogens is 3. The Morgan fingerprint density at radius 3 is 2.55 bits per heavy atom. The minimum Gasteiger partial charge on any atom is -0.508 e. The fourth-order valence-electron chi connectivity index (χ4n) is 4.23. The third kappa shape index (κ3) is 7.78. The predicted molar refractivity (Wildman–Crippen MR) is 152 cm³/mol. The predicted octanol–water partition coefficient (Wildman–Crippen LogP) is 5.55. The van der Waals surface area contributed by atoms with Crippen molar-refractivity contribution in [2.45, 2.75) is 13.0 Å². The molecule has 0 unspecified atom stereocenters. The number of ether oxygens (including phenoxy) is 1. The van der Waals surface area contributed by atoms with Gasteiger partial charge in [-0.3, -0.25) is 9.88 Å². The first kappa shape index (κ1) is 27.1. The Morgan fingerprint density at radius 1 is 0.950 bits per heavy atom. The molecule has 1 aliphatic heterocycles. The molecule has 0 aliphatic carbocycles. The normalized spacial score (nSPS) is 13.9. The highest BCUT2D eigenvalue weighted by atomic mass is 19.1. The number of phenolic OH excluding ortho intramolecular Hbond substituents is 1. The molecule has 3 heterocycles. The number of pyridine rings is 1. The zero-order chi connectivity index (χ0) is 27.6. The molecule has 2 aromatic heterocycles. The molecular weight excluding hydrogens is 511 g/mol. The van der Waals surface area contributed by atoms with Crippen LogP contribution in [0.15, 0.2) is 83.3 Å². The second-order valence-electron chi connectivity index (χ2n) is 9.29. The largest absolute Gasteiger partial charge is 0.508 e. The second kappa shape index (κ2) is 13.5. The van der Waals surface area contributed by atoms with Crippen molar-refractivity contribution in [3.8, 4) is 16.9 Å². The molecule has 2 aromatic carbocycles. The van der Waals surface area contributed by atoms with Crippen LogP contribution < -0.4 is 10.6 Å². The van der Waals surface area contributed by atoms with Crippen LogP contribution >= 0.6 is 0 Å². The molecular formula is C29H31FN8O2. The minimum atomic E-state index is -0.524. The van der Waals surface area contributed by atoms with Crippen LogP contribution in [-0.4, -0.2) is 64.4 Å². The maximum absolute atomic E-state index is 14.1. The number of nitrogens with zero attached hydrogens (tertiary/aromatic N) is 6. The number of hydrogen-bond donors (Lipinski definition) is 3. The number of azo groups is 1. The van der Waals surface area contributed by atoms with E-state index < -0.39 is 5.82 Å². The fraction of sp³-hybridized carbons (Fsp3) is 0.276. The van der Waals surface area contributed by atoms with E-state index in [9.17, 15) is 9.50 Å². The van der Waals surface area contributed by atoms with Crippen LogP contribution in [0.25, 0.3) is 11.1 Å². The van der Waals surface area contributed by atoms with Crippen molar-refractivity contribution in [3.63, 3.8) is 0 Å². The van der Waals surface area contributed by atoms with Crippen molar-refractivity contribution >= 4 is 23.1 Å². The molecule has 0 atom stereocenters. The maximum Gasteiger partial charge on any atom is 0.270 e. The molecule has 10 nitrogen and oxygen atoms in total. The molecule has 11 heteroatoms. The van der Waals surface area contributed by atoms with Crippen molar-refractivity contribution < 1.29 is 14.2 Å². The second-order valence-corrected chi connectivity index (χ2v) is 9.29. The van der Waals surface area contributed by atoms with Gasteiger partial charge in [-0.1, -0.05) is 24.3 Å². The quantitative estimate of drug-likeness (QED) is 0.167. The number of hydrogen-bond acceptors (Lipinski definition) is 10. The number of aromatic hydroxyl groups is 1. The van der Waals surface area contributed by atoms with Crippen LogP contribution in [-0.2, 0) is 11.3 Å². The zero-order valence-corrected chi connectivity index (χ0v) is 22.0. The van der Waals surface area contributed by atoms with Crippen LogP contribution in [0.5, 0.6) is 5.75 Å². The molecule has 0 amide bonds. The van der Waals surface area contributed by atoms with E-state index in [0.717, 1.165) is 73.7 Å². The van der Waals surface area contributed by atoms with Crippen molar-refractivity contribution in [2.24, 2.45) is 10.2 Å². The molecule has 0 saturated carbocycles. The molecule has 3 N–H and O–H groups in total. The number of rotatable bonds is 11. The summed E-state index contributed by atoms with van der Waals surface area (Å²) in [6.07, 6.45) is 3.68. The van der Waals surface area contributed by atoms with E-state index in [1.165, 1.54) is 0 Å². The number of anilines is 3. The SMILES string of the molecule is Oc1cccc(-c2ccc(Nc3ccc(CN=Nc4ncc(F)c(NCCCN5CCOCC5)n4)nc3)cc2)c1. The summed E-state index contributed by atoms with van der Waals surface area (Å²) >= 11 is 0. The first-order valence-electron chi connectivity index (χ1n) is 13.2. The van der Waals surface area contributed by atoms with E-state index >= 15 is 0 Å². The molecule has 1 aliphatic rings. The number of nitrogens with one attached hydrogen (secondary N) is 2. The first-order valence-corrected chi connectivity index (χ1v) is 13.2. The lowest BCUT2D eigenvalue weighted by molar-refractivity contribution is 0.0378. The summed E-state index contributed by atoms with van der Waals surface area (Å²) in [6, 6.07) is 18.8. The van der Waals surface area contributed by atoms with Gasteiger partial charge in [-0.05, 0) is 60.5 Å². The number of phenols is 1. The molecule has 206 valence electrons. The summed E-state index contributed by atoms with van der Waals surface area (Å²) in [5.41, 5.74) is 4.42. The molecule has 40 heavy (non-hydrogen) atoms. The Hall–Kier alpha value is -4.48. The summed E-state index contributed by atoms with van der Waals surface area (Å²) in [7, 11) is 0. The highest BCUT2D eigenvalue weighted by Crippen LogP contribution is 2.25. The third-order valence-corrected chi connectivity index (χ3v) is 6.35. The highest BCUT2D eigenvalue weighted by molar-refractivity contribution is 5.69. The lowest BCUT2D eigenvalue weighted by Gasteiger charge is -2.26. The Morgan fingerprint density at radius 2 is 1.77 bits per heavy atom. The van der Waals surface area contributed by atoms with Crippen LogP contribution in [0.2, 0.25) is 0 Å². The van der Waals surface area contributed by atoms with Crippen molar-refractivity contribution in [1.29, 1.82) is 0 Å². The Bertz CT molecular complexity index is 1410. The average molecular weight is 543 g/mol. The monoisotopic (exact) mass is 542 g/mol. The van der Waals surface area contributed by atoms with Crippen molar-refractivity contribution in [3.05, 3.63) is 84.6 Å². The van der Waals surface area contributed by atoms with Gasteiger partial charge in [0.25, 0.3) is 5.95 Å². The number of morpholine rings is 1. The third-order valence-electron chi connectivity index (χ3n) is 6.35. The van der Waals surface area contributed by atoms with E-state index in [4.69, 9.17) is 4.74 Å². The first-order chi connectivity index (χ1) is 19.6. The fourth-order valence-corrected chi connectivity index (χ4v) is 4.23. The van der Waals surface area contributed by atoms with Gasteiger partial charge in [0.1, 0.15) is 12.3 Å². The van der Waals surface area contributed by atoms with Crippen molar-refractivity contribution in [1.82, 2.24) is 19.9 Å². The van der Waals surface area contributed by atoms with Gasteiger partial charge in [-0.2, -0.15) is 10.1 Å². The van der Waals surface area contributed by atoms with Gasteiger partial charge in [-0.25, -0.2) is 9.37 Å². The molecule has 0 spiro atoms. The summed E-state index contributed by atoms with van der Waals surface area (Å²) in [5.74, 6) is -0.0777. The highest BCUT2D eigenvalue weighted by Gasteiger charge is 2.10. The van der Waals surface area contributed by atoms with Crippen LogP contribution in [0.1, 0.15) is 12.1 Å². The van der Waals surface area contributed by atoms with Gasteiger partial charge in [0.05, 0.1) is 37.0 Å². The smallest absolute Gasteiger partial charge is 0.270 e. The van der Waals surface area contributed by atoms with Gasteiger partial charge >= 0.3 is 0 Å². The van der Waals surface area contributed by atoms with Gasteiger partial charge in [0.2, 0.25) is 0 Å². The van der Waals surface area contributed by atoms with E-state index in [2.05, 4.69) is 40.7 Å². The number of benzene rings is 2. The lowest BCUT2D eigenvalue weighted by atomic mass is 10.1. The Balaban J connectivity index is 1.09. The lowest BCUT2D eigenvalue weighted by Crippen LogP contribution is -2.37. The molecule has 1 fully saturated rings. The maximum atomic E-state index is 14.1. The van der Waals surface area contributed by atoms with Gasteiger partial charge in [-0.15, -0.1) is 5.11 Å². The molecule has 4 aromatic rings. The minimum absolute atomic E-state index is 0.0875. The van der Waals surface area contributed by atoms with Gasteiger partial charge in [0, 0.05) is 25.3 Å². The standard InChI is InChI=1S/C29H31FN8O2/c30-27-20-33-29(36-28(27)31-11-2-12-38-13-15-40-16-14-38)37-34-19-24-9-10-25(18-32-24)35-23-7-5-21(6-8-23)22-3-1-4-26(39)17-22/h1,3-10,17-18,20,35,39H,2,11-16,19H2,(H,31,33,36). The van der Waals surface area contributed by atoms with Crippen LogP contribution in [0, 0.1) is 5.82 Å². The van der Waals surface area contributed by atoms with E-state index in [-0.39, 0.29) is 24.1 Å². The summed E-state index contributed by atoms with van der Waals surface area (Å²) in [6.45, 7) is 5.13. The van der Waals surface area contributed by atoms with E-state index in [0.29, 0.717) is 6.54 Å².